The summed E-state index contributed by atoms with van der Waals surface area (Å²) in [7, 11) is 0. The summed E-state index contributed by atoms with van der Waals surface area (Å²) in [6, 6.07) is 1.28. The first-order valence-electron chi connectivity index (χ1n) is 9.25. The van der Waals surface area contributed by atoms with Crippen molar-refractivity contribution in [2.45, 2.75) is 45.7 Å². The number of pyridine rings is 1. The van der Waals surface area contributed by atoms with Gasteiger partial charge in [0.05, 0.1) is 11.1 Å². The smallest absolute Gasteiger partial charge is 0.326 e. The summed E-state index contributed by atoms with van der Waals surface area (Å²) in [6.45, 7) is 6.59. The molecule has 170 valence electrons. The molecule has 0 bridgehead atoms. The topological polar surface area (TPSA) is 137 Å². The lowest BCUT2D eigenvalue weighted by molar-refractivity contribution is -0.142. The minimum atomic E-state index is -1.22. The molecule has 2 atom stereocenters. The van der Waals surface area contributed by atoms with Gasteiger partial charge in [-0.05, 0) is 31.9 Å². The summed E-state index contributed by atoms with van der Waals surface area (Å²) >= 11 is 4.62. The third-order valence-corrected chi connectivity index (χ3v) is 5.01. The van der Waals surface area contributed by atoms with E-state index in [2.05, 4.69) is 33.6 Å². The van der Waals surface area contributed by atoms with Crippen molar-refractivity contribution in [1.29, 1.82) is 0 Å². The number of hydrogen-bond acceptors (Lipinski definition) is 7. The van der Waals surface area contributed by atoms with Crippen LogP contribution in [0.1, 0.15) is 43.9 Å². The van der Waals surface area contributed by atoms with E-state index >= 15 is 0 Å². The number of amides is 2. The molecule has 31 heavy (non-hydrogen) atoms. The summed E-state index contributed by atoms with van der Waals surface area (Å²) in [4.78, 5) is 51.1. The second-order valence-electron chi connectivity index (χ2n) is 6.73. The lowest BCUT2D eigenvalue weighted by Crippen LogP contribution is -2.47. The third kappa shape index (κ3) is 8.67. The summed E-state index contributed by atoms with van der Waals surface area (Å²) < 4.78 is 13.8. The molecule has 1 rings (SSSR count). The quantitative estimate of drug-likeness (QED) is 0.199. The predicted molar refractivity (Wildman–Crippen MR) is 118 cm³/mol. The molecule has 0 aliphatic carbocycles. The average Bonchev–Trinajstić information content (AvgIpc) is 2.68. The second-order valence-corrected chi connectivity index (χ2v) is 8.75. The number of nitrogens with one attached hydrogen (secondary N) is 3. The number of thioether (sulfide) groups is 1. The Morgan fingerprint density at radius 1 is 1.26 bits per heavy atom. The van der Waals surface area contributed by atoms with E-state index in [9.17, 15) is 28.7 Å². The maximum absolute atomic E-state index is 14.2. The molecule has 0 aliphatic rings. The Morgan fingerprint density at radius 2 is 1.90 bits per heavy atom. The van der Waals surface area contributed by atoms with Crippen molar-refractivity contribution >= 4 is 46.6 Å². The number of allylic oxidation sites excluding steroid dienone is 1. The molecule has 1 aromatic rings. The van der Waals surface area contributed by atoms with Gasteiger partial charge in [0, 0.05) is 6.54 Å². The van der Waals surface area contributed by atoms with Gasteiger partial charge in [-0.2, -0.15) is 0 Å². The van der Waals surface area contributed by atoms with E-state index in [0.717, 1.165) is 17.8 Å². The standard InChI is InChI=1S/C19H25FN4O5S2/c1-5-13(16(25)24-14(9(2)3)18(27)28)23-17(26)15-12(20)7-6-11(22-15)8-21-10(4)31-19(29)30/h5-7,9-10,14,21H,8H2,1-4H3,(H,23,26)(H,24,25)(H,27,28)(H,29,30)/b13-5-/t10?,14-/m0/s1. The SMILES string of the molecule is C/C=C(\NC(=O)c1nc(CNC(C)SC(=O)S)ccc1F)C(=O)N[C@H](C(=O)O)C(C)C. The fourth-order valence-electron chi connectivity index (χ4n) is 2.36. The highest BCUT2D eigenvalue weighted by molar-refractivity contribution is 8.32. The van der Waals surface area contributed by atoms with Crippen molar-refractivity contribution in [2.24, 2.45) is 5.92 Å². The molecular weight excluding hydrogens is 447 g/mol. The molecule has 2 amide bonds. The highest BCUT2D eigenvalue weighted by atomic mass is 32.2. The highest BCUT2D eigenvalue weighted by Crippen LogP contribution is 2.13. The number of aliphatic carboxylic acids is 1. The Labute approximate surface area is 189 Å². The van der Waals surface area contributed by atoms with Gasteiger partial charge in [0.25, 0.3) is 11.8 Å². The molecular formula is C19H25FN4O5S2. The van der Waals surface area contributed by atoms with Crippen LogP contribution in [0.4, 0.5) is 9.18 Å². The highest BCUT2D eigenvalue weighted by Gasteiger charge is 2.26. The summed E-state index contributed by atoms with van der Waals surface area (Å²) in [5.41, 5.74) is -0.433. The molecule has 1 unspecified atom stereocenters. The Balaban J connectivity index is 2.90. The van der Waals surface area contributed by atoms with E-state index in [4.69, 9.17) is 0 Å². The molecule has 0 radical (unpaired) electrons. The minimum absolute atomic E-state index is 0.154. The normalized spacial score (nSPS) is 13.5. The van der Waals surface area contributed by atoms with Crippen LogP contribution in [0.5, 0.6) is 0 Å². The van der Waals surface area contributed by atoms with E-state index in [0.29, 0.717) is 5.69 Å². The fraction of sp³-hybridized carbons (Fsp3) is 0.421. The summed E-state index contributed by atoms with van der Waals surface area (Å²) in [6.07, 6.45) is 1.27. The number of halogens is 1. The molecule has 0 saturated carbocycles. The molecule has 9 nitrogen and oxygen atoms in total. The number of aromatic nitrogens is 1. The number of rotatable bonds is 10. The van der Waals surface area contributed by atoms with Crippen molar-refractivity contribution in [3.8, 4) is 0 Å². The first kappa shape index (κ1) is 26.6. The first-order chi connectivity index (χ1) is 14.5. The minimum Gasteiger partial charge on any atom is -0.480 e. The molecule has 0 spiro atoms. The van der Waals surface area contributed by atoms with Crippen molar-refractivity contribution in [3.05, 3.63) is 41.1 Å². The van der Waals surface area contributed by atoms with Crippen molar-refractivity contribution in [2.75, 3.05) is 0 Å². The Kier molecular flexibility index (Phi) is 10.7. The van der Waals surface area contributed by atoms with Crippen LogP contribution in [0.15, 0.2) is 23.9 Å². The average molecular weight is 473 g/mol. The number of thiol groups is 1. The molecule has 4 N–H and O–H groups in total. The molecule has 0 aromatic carbocycles. The predicted octanol–water partition coefficient (Wildman–Crippen LogP) is 2.30. The van der Waals surface area contributed by atoms with Gasteiger partial charge in [-0.15, -0.1) is 0 Å². The van der Waals surface area contributed by atoms with Gasteiger partial charge in [0.1, 0.15) is 11.7 Å². The second kappa shape index (κ2) is 12.4. The van der Waals surface area contributed by atoms with Crippen LogP contribution >= 0.6 is 24.4 Å². The lowest BCUT2D eigenvalue weighted by Gasteiger charge is -2.19. The monoisotopic (exact) mass is 472 g/mol. The van der Waals surface area contributed by atoms with Crippen LogP contribution in [-0.2, 0) is 16.1 Å². The zero-order chi connectivity index (χ0) is 23.7. The van der Waals surface area contributed by atoms with Gasteiger partial charge in [0.15, 0.2) is 11.5 Å². The van der Waals surface area contributed by atoms with Gasteiger partial charge >= 0.3 is 5.97 Å². The van der Waals surface area contributed by atoms with Gasteiger partial charge in [-0.3, -0.25) is 19.7 Å². The number of carboxylic acid groups (broad SMARTS) is 1. The molecule has 1 aromatic heterocycles. The van der Waals surface area contributed by atoms with Gasteiger partial charge in [0.2, 0.25) is 4.45 Å². The Morgan fingerprint density at radius 3 is 2.42 bits per heavy atom. The van der Waals surface area contributed by atoms with Crippen LogP contribution in [0, 0.1) is 11.7 Å². The number of hydrogen-bond donors (Lipinski definition) is 5. The summed E-state index contributed by atoms with van der Waals surface area (Å²) in [5.74, 6) is -4.29. The van der Waals surface area contributed by atoms with Crippen LogP contribution in [-0.4, -0.2) is 43.7 Å². The number of carbonyl (C=O) groups is 4. The largest absolute Gasteiger partial charge is 0.480 e. The van der Waals surface area contributed by atoms with Gasteiger partial charge < -0.3 is 15.7 Å². The van der Waals surface area contributed by atoms with Crippen LogP contribution < -0.4 is 16.0 Å². The first-order valence-corrected chi connectivity index (χ1v) is 10.6. The lowest BCUT2D eigenvalue weighted by atomic mass is 10.0. The molecule has 0 saturated heterocycles. The van der Waals surface area contributed by atoms with Crippen molar-refractivity contribution in [1.82, 2.24) is 20.9 Å². The van der Waals surface area contributed by atoms with Crippen LogP contribution in [0.25, 0.3) is 0 Å². The van der Waals surface area contributed by atoms with Crippen molar-refractivity contribution in [3.63, 3.8) is 0 Å². The Hall–Kier alpha value is -2.44. The molecule has 0 aliphatic heterocycles. The van der Waals surface area contributed by atoms with Crippen LogP contribution in [0.3, 0.4) is 0 Å². The maximum Gasteiger partial charge on any atom is 0.326 e. The van der Waals surface area contributed by atoms with Gasteiger partial charge in [-0.1, -0.05) is 44.3 Å². The zero-order valence-electron chi connectivity index (χ0n) is 17.4. The molecule has 12 heteroatoms. The van der Waals surface area contributed by atoms with E-state index in [1.54, 1.807) is 20.8 Å². The number of carboxylic acids is 1. The van der Waals surface area contributed by atoms with Crippen LogP contribution in [0.2, 0.25) is 0 Å². The summed E-state index contributed by atoms with van der Waals surface area (Å²) in [5, 5.41) is 16.5. The van der Waals surface area contributed by atoms with E-state index in [-0.39, 0.29) is 22.1 Å². The zero-order valence-corrected chi connectivity index (χ0v) is 19.1. The van der Waals surface area contributed by atoms with E-state index in [1.807, 2.05) is 0 Å². The number of carbonyl (C=O) groups excluding carboxylic acids is 3. The van der Waals surface area contributed by atoms with E-state index in [1.165, 1.54) is 19.1 Å². The molecule has 1 heterocycles. The third-order valence-electron chi connectivity index (χ3n) is 3.97. The molecule has 0 fully saturated rings. The fourth-order valence-corrected chi connectivity index (χ4v) is 3.30. The number of nitrogens with zero attached hydrogens (tertiary/aromatic N) is 1. The van der Waals surface area contributed by atoms with Gasteiger partial charge in [-0.25, -0.2) is 14.2 Å². The van der Waals surface area contributed by atoms with Crippen molar-refractivity contribution < 1.29 is 28.7 Å². The van der Waals surface area contributed by atoms with E-state index < -0.39 is 41.3 Å². The Bertz CT molecular complexity index is 879. The maximum atomic E-state index is 14.2.